The first kappa shape index (κ1) is 14.2. The highest BCUT2D eigenvalue weighted by Crippen LogP contribution is 2.38. The molecule has 1 aliphatic carbocycles. The molecule has 21 heavy (non-hydrogen) atoms. The third kappa shape index (κ3) is 2.46. The molecular weight excluding hydrogens is 281 g/mol. The van der Waals surface area contributed by atoms with Crippen molar-refractivity contribution in [2.75, 3.05) is 5.43 Å². The number of hydrogen-bond acceptors (Lipinski definition) is 3. The van der Waals surface area contributed by atoms with Crippen LogP contribution in [0.25, 0.3) is 11.0 Å². The zero-order valence-electron chi connectivity index (χ0n) is 11.5. The molecule has 7 heteroatoms. The van der Waals surface area contributed by atoms with E-state index < -0.39 is 11.7 Å². The van der Waals surface area contributed by atoms with Crippen LogP contribution in [0.3, 0.4) is 0 Å². The second kappa shape index (κ2) is 5.22. The van der Waals surface area contributed by atoms with E-state index in [2.05, 4.69) is 10.4 Å². The number of alkyl halides is 3. The number of imidazole rings is 1. The maximum atomic E-state index is 13.1. The van der Waals surface area contributed by atoms with Crippen molar-refractivity contribution in [3.63, 3.8) is 0 Å². The molecule has 1 aliphatic rings. The Bertz CT molecular complexity index is 641. The second-order valence-electron chi connectivity index (χ2n) is 5.41. The van der Waals surface area contributed by atoms with Crippen LogP contribution in [0, 0.1) is 0 Å². The second-order valence-corrected chi connectivity index (χ2v) is 5.41. The Morgan fingerprint density at radius 2 is 1.90 bits per heavy atom. The van der Waals surface area contributed by atoms with Crippen molar-refractivity contribution in [2.24, 2.45) is 5.84 Å². The van der Waals surface area contributed by atoms with Crippen LogP contribution in [0.4, 0.5) is 19.1 Å². The van der Waals surface area contributed by atoms with Crippen LogP contribution in [-0.4, -0.2) is 9.55 Å². The maximum Gasteiger partial charge on any atom is 0.418 e. The van der Waals surface area contributed by atoms with Crippen LogP contribution in [-0.2, 0) is 6.18 Å². The highest BCUT2D eigenvalue weighted by Gasteiger charge is 2.35. The highest BCUT2D eigenvalue weighted by atomic mass is 19.4. The van der Waals surface area contributed by atoms with Crippen LogP contribution in [0.15, 0.2) is 18.2 Å². The Hall–Kier alpha value is -1.76. The van der Waals surface area contributed by atoms with E-state index in [1.807, 2.05) is 4.57 Å². The number of nitrogens with zero attached hydrogens (tertiary/aromatic N) is 2. The summed E-state index contributed by atoms with van der Waals surface area (Å²) in [4.78, 5) is 4.08. The SMILES string of the molecule is NNc1nc2c(C(F)(F)F)cccc2n1C1CCCCC1. The summed E-state index contributed by atoms with van der Waals surface area (Å²) in [6.07, 6.45) is 0.785. The van der Waals surface area contributed by atoms with Crippen LogP contribution < -0.4 is 11.3 Å². The number of benzene rings is 1. The minimum absolute atomic E-state index is 0.0384. The molecule has 0 aliphatic heterocycles. The normalized spacial score (nSPS) is 17.3. The fourth-order valence-corrected chi connectivity index (χ4v) is 3.16. The summed E-state index contributed by atoms with van der Waals surface area (Å²) in [6, 6.07) is 4.30. The molecule has 1 fully saturated rings. The maximum absolute atomic E-state index is 13.1. The van der Waals surface area contributed by atoms with E-state index in [4.69, 9.17) is 5.84 Å². The lowest BCUT2D eigenvalue weighted by atomic mass is 9.95. The molecule has 0 bridgehead atoms. The number of anilines is 1. The fraction of sp³-hybridized carbons (Fsp3) is 0.500. The minimum atomic E-state index is -4.42. The van der Waals surface area contributed by atoms with Gasteiger partial charge in [0.15, 0.2) is 0 Å². The number of nitrogens with two attached hydrogens (primary N) is 1. The molecule has 1 aromatic carbocycles. The van der Waals surface area contributed by atoms with Crippen molar-refractivity contribution in [2.45, 2.75) is 44.3 Å². The zero-order valence-corrected chi connectivity index (χ0v) is 11.5. The topological polar surface area (TPSA) is 55.9 Å². The van der Waals surface area contributed by atoms with E-state index in [0.29, 0.717) is 11.5 Å². The van der Waals surface area contributed by atoms with Crippen molar-refractivity contribution in [3.05, 3.63) is 23.8 Å². The lowest BCUT2D eigenvalue weighted by Crippen LogP contribution is -2.18. The standard InChI is InChI=1S/C14H17F3N4/c15-14(16,17)10-7-4-8-11-12(10)19-13(20-18)21(11)9-5-2-1-3-6-9/h4,7-9H,1-3,5-6,18H2,(H,19,20). The number of para-hydroxylation sites is 1. The summed E-state index contributed by atoms with van der Waals surface area (Å²) >= 11 is 0. The van der Waals surface area contributed by atoms with Gasteiger partial charge >= 0.3 is 6.18 Å². The van der Waals surface area contributed by atoms with Gasteiger partial charge in [0.1, 0.15) is 5.52 Å². The van der Waals surface area contributed by atoms with Crippen molar-refractivity contribution in [3.8, 4) is 0 Å². The van der Waals surface area contributed by atoms with Gasteiger partial charge in [0.2, 0.25) is 5.95 Å². The molecule has 4 nitrogen and oxygen atoms in total. The molecule has 114 valence electrons. The van der Waals surface area contributed by atoms with Gasteiger partial charge < -0.3 is 4.57 Å². The van der Waals surface area contributed by atoms with E-state index in [-0.39, 0.29) is 11.6 Å². The Kier molecular flexibility index (Phi) is 3.52. The summed E-state index contributed by atoms with van der Waals surface area (Å²) in [5.41, 5.74) is 2.18. The Morgan fingerprint density at radius 1 is 1.19 bits per heavy atom. The predicted molar refractivity (Wildman–Crippen MR) is 74.7 cm³/mol. The fourth-order valence-electron chi connectivity index (χ4n) is 3.16. The van der Waals surface area contributed by atoms with Gasteiger partial charge in [0.25, 0.3) is 0 Å². The van der Waals surface area contributed by atoms with Gasteiger partial charge in [-0.2, -0.15) is 13.2 Å². The van der Waals surface area contributed by atoms with Gasteiger partial charge in [-0.15, -0.1) is 0 Å². The van der Waals surface area contributed by atoms with Gasteiger partial charge in [0, 0.05) is 6.04 Å². The molecule has 1 heterocycles. The van der Waals surface area contributed by atoms with Crippen molar-refractivity contribution < 1.29 is 13.2 Å². The first-order valence-electron chi connectivity index (χ1n) is 7.07. The van der Waals surface area contributed by atoms with Gasteiger partial charge in [0.05, 0.1) is 11.1 Å². The minimum Gasteiger partial charge on any atom is -0.306 e. The Balaban J connectivity index is 2.19. The van der Waals surface area contributed by atoms with E-state index in [1.54, 1.807) is 6.07 Å². The summed E-state index contributed by atoms with van der Waals surface area (Å²) in [5.74, 6) is 5.77. The van der Waals surface area contributed by atoms with Gasteiger partial charge in [-0.1, -0.05) is 25.3 Å². The molecule has 1 aromatic heterocycles. The Morgan fingerprint density at radius 3 is 2.52 bits per heavy atom. The summed E-state index contributed by atoms with van der Waals surface area (Å²) in [5, 5.41) is 0. The summed E-state index contributed by atoms with van der Waals surface area (Å²) < 4.78 is 41.1. The zero-order chi connectivity index (χ0) is 15.0. The Labute approximate surface area is 120 Å². The molecule has 0 saturated heterocycles. The predicted octanol–water partition coefficient (Wildman–Crippen LogP) is 3.85. The van der Waals surface area contributed by atoms with Gasteiger partial charge in [-0.3, -0.25) is 5.43 Å². The van der Waals surface area contributed by atoms with Crippen molar-refractivity contribution in [1.82, 2.24) is 9.55 Å². The molecule has 3 rings (SSSR count). The average molecular weight is 298 g/mol. The van der Waals surface area contributed by atoms with E-state index in [0.717, 1.165) is 31.7 Å². The quantitative estimate of drug-likeness (QED) is 0.654. The monoisotopic (exact) mass is 298 g/mol. The molecule has 3 N–H and O–H groups in total. The van der Waals surface area contributed by atoms with Crippen molar-refractivity contribution in [1.29, 1.82) is 0 Å². The number of rotatable bonds is 2. The average Bonchev–Trinajstić information content (AvgIpc) is 2.85. The lowest BCUT2D eigenvalue weighted by molar-refractivity contribution is -0.136. The summed E-state index contributed by atoms with van der Waals surface area (Å²) in [7, 11) is 0. The smallest absolute Gasteiger partial charge is 0.306 e. The van der Waals surface area contributed by atoms with Crippen LogP contribution in [0.1, 0.15) is 43.7 Å². The number of hydrogen-bond donors (Lipinski definition) is 2. The number of nitrogen functional groups attached to an aromatic ring is 1. The van der Waals surface area contributed by atoms with Crippen LogP contribution in [0.5, 0.6) is 0 Å². The lowest BCUT2D eigenvalue weighted by Gasteiger charge is -2.25. The van der Waals surface area contributed by atoms with Crippen LogP contribution in [0.2, 0.25) is 0 Å². The van der Waals surface area contributed by atoms with E-state index in [9.17, 15) is 13.2 Å². The molecule has 0 unspecified atom stereocenters. The molecular formula is C14H17F3N4. The molecule has 0 atom stereocenters. The molecule has 0 amide bonds. The van der Waals surface area contributed by atoms with Gasteiger partial charge in [-0.25, -0.2) is 10.8 Å². The first-order valence-corrected chi connectivity index (χ1v) is 7.07. The number of hydrazine groups is 1. The molecule has 0 radical (unpaired) electrons. The number of fused-ring (bicyclic) bond motifs is 1. The molecule has 2 aromatic rings. The van der Waals surface area contributed by atoms with E-state index >= 15 is 0 Å². The third-order valence-corrected chi connectivity index (χ3v) is 4.09. The molecule has 0 spiro atoms. The third-order valence-electron chi connectivity index (χ3n) is 4.09. The van der Waals surface area contributed by atoms with Crippen molar-refractivity contribution >= 4 is 17.0 Å². The van der Waals surface area contributed by atoms with Gasteiger partial charge in [-0.05, 0) is 25.0 Å². The number of nitrogens with one attached hydrogen (secondary N) is 1. The van der Waals surface area contributed by atoms with E-state index in [1.165, 1.54) is 12.5 Å². The van der Waals surface area contributed by atoms with Crippen LogP contribution >= 0.6 is 0 Å². The largest absolute Gasteiger partial charge is 0.418 e. The number of halogens is 3. The highest BCUT2D eigenvalue weighted by molar-refractivity contribution is 5.82. The number of aromatic nitrogens is 2. The summed E-state index contributed by atoms with van der Waals surface area (Å²) in [6.45, 7) is 0. The molecule has 1 saturated carbocycles. The first-order chi connectivity index (χ1) is 10.0.